The molecule has 2 aliphatic rings. The molecule has 7 aromatic rings. The normalized spacial score (nSPS) is 17.3. The zero-order valence-electron chi connectivity index (χ0n) is 27.1. The molecular weight excluding hydrogens is 595 g/mol. The smallest absolute Gasteiger partial charge is 0.133 e. The van der Waals surface area contributed by atoms with Gasteiger partial charge in [0.25, 0.3) is 0 Å². The number of amidine groups is 1. The topological polar surface area (TPSA) is 29.3 Å². The number of para-hydroxylation sites is 2. The highest BCUT2D eigenvalue weighted by molar-refractivity contribution is 6.08. The van der Waals surface area contributed by atoms with Gasteiger partial charge in [-0.05, 0) is 64.1 Å². The van der Waals surface area contributed by atoms with Crippen LogP contribution in [0.5, 0.6) is 0 Å². The SMILES string of the molecule is C1=CC(n2c3ccccc3c3ccccc32)CC=C1c1ccc(-c2cccc(C3=NC(c4ccccc4)C=C(c4ccccc4)N3)c2)cc1. The lowest BCUT2D eigenvalue weighted by Gasteiger charge is -2.23. The standard InChI is InChI=1S/C46H35N3/c1-3-12-35(13-4-1)42-31-43(36-14-5-2-6-15-36)48-46(47-42)38-17-11-16-37(30-38)34-24-22-32(23-25-34)33-26-28-39(29-27-33)49-44-20-9-7-18-40(44)41-19-8-10-21-45(41)49/h1-28,30-31,39,42H,29H2,(H,47,48). The van der Waals surface area contributed by atoms with Crippen LogP contribution in [0.15, 0.2) is 187 Å². The Hall–Kier alpha value is -6.19. The number of allylic oxidation sites excluding steroid dienone is 4. The van der Waals surface area contributed by atoms with E-state index >= 15 is 0 Å². The van der Waals surface area contributed by atoms with Crippen molar-refractivity contribution in [3.8, 4) is 11.1 Å². The summed E-state index contributed by atoms with van der Waals surface area (Å²) >= 11 is 0. The Kier molecular flexibility index (Phi) is 7.36. The van der Waals surface area contributed by atoms with Crippen molar-refractivity contribution in [2.75, 3.05) is 0 Å². The molecule has 2 unspecified atom stereocenters. The molecule has 49 heavy (non-hydrogen) atoms. The number of aliphatic imine (C=N–C) groups is 1. The summed E-state index contributed by atoms with van der Waals surface area (Å²) < 4.78 is 2.50. The zero-order valence-corrected chi connectivity index (χ0v) is 27.1. The summed E-state index contributed by atoms with van der Waals surface area (Å²) in [5.74, 6) is 0.879. The maximum absolute atomic E-state index is 5.18. The van der Waals surface area contributed by atoms with Crippen LogP contribution in [0.2, 0.25) is 0 Å². The lowest BCUT2D eigenvalue weighted by Crippen LogP contribution is -2.27. The predicted octanol–water partition coefficient (Wildman–Crippen LogP) is 11.2. The first kappa shape index (κ1) is 29.0. The minimum absolute atomic E-state index is 0.0676. The van der Waals surface area contributed by atoms with Crippen molar-refractivity contribution in [3.63, 3.8) is 0 Å². The summed E-state index contributed by atoms with van der Waals surface area (Å²) in [6.07, 6.45) is 10.2. The van der Waals surface area contributed by atoms with E-state index in [1.165, 1.54) is 49.6 Å². The Morgan fingerprint density at radius 3 is 1.86 bits per heavy atom. The summed E-state index contributed by atoms with van der Waals surface area (Å²) in [5.41, 5.74) is 11.9. The van der Waals surface area contributed by atoms with Gasteiger partial charge in [0.1, 0.15) is 5.84 Å². The summed E-state index contributed by atoms with van der Waals surface area (Å²) in [5, 5.41) is 6.28. The molecule has 1 aliphatic carbocycles. The van der Waals surface area contributed by atoms with Crippen LogP contribution in [0, 0.1) is 0 Å². The minimum Gasteiger partial charge on any atom is -0.340 e. The number of hydrogen-bond acceptors (Lipinski definition) is 2. The van der Waals surface area contributed by atoms with Crippen molar-refractivity contribution >= 4 is 38.9 Å². The van der Waals surface area contributed by atoms with E-state index in [9.17, 15) is 0 Å². The van der Waals surface area contributed by atoms with Crippen LogP contribution in [-0.4, -0.2) is 10.4 Å². The number of hydrogen-bond donors (Lipinski definition) is 1. The second-order valence-electron chi connectivity index (χ2n) is 12.8. The van der Waals surface area contributed by atoms with Crippen LogP contribution >= 0.6 is 0 Å². The number of benzene rings is 6. The van der Waals surface area contributed by atoms with Crippen LogP contribution < -0.4 is 5.32 Å². The quantitative estimate of drug-likeness (QED) is 0.195. The molecule has 0 spiro atoms. The van der Waals surface area contributed by atoms with Crippen molar-refractivity contribution in [2.24, 2.45) is 4.99 Å². The van der Waals surface area contributed by atoms with Crippen molar-refractivity contribution in [1.82, 2.24) is 9.88 Å². The van der Waals surface area contributed by atoms with Crippen molar-refractivity contribution in [2.45, 2.75) is 18.5 Å². The third-order valence-corrected chi connectivity index (χ3v) is 9.79. The van der Waals surface area contributed by atoms with Crippen LogP contribution in [0.25, 0.3) is 44.2 Å². The summed E-state index contributed by atoms with van der Waals surface area (Å²) in [6.45, 7) is 0. The fraction of sp³-hybridized carbons (Fsp3) is 0.0652. The van der Waals surface area contributed by atoms with Crippen molar-refractivity contribution < 1.29 is 0 Å². The number of nitrogens with zero attached hydrogens (tertiary/aromatic N) is 2. The molecule has 6 aromatic carbocycles. The molecule has 0 saturated heterocycles. The molecule has 0 fully saturated rings. The molecule has 0 bridgehead atoms. The molecule has 0 radical (unpaired) electrons. The Bertz CT molecular complexity index is 2370. The first-order valence-electron chi connectivity index (χ1n) is 17.0. The monoisotopic (exact) mass is 629 g/mol. The second kappa shape index (κ2) is 12.4. The van der Waals surface area contributed by atoms with Crippen LogP contribution in [0.3, 0.4) is 0 Å². The summed E-state index contributed by atoms with van der Waals surface area (Å²) in [4.78, 5) is 5.18. The Morgan fingerprint density at radius 1 is 0.551 bits per heavy atom. The van der Waals surface area contributed by atoms with E-state index in [1.807, 2.05) is 0 Å². The van der Waals surface area contributed by atoms with Gasteiger partial charge in [0, 0.05) is 33.1 Å². The van der Waals surface area contributed by atoms with Crippen molar-refractivity contribution in [1.29, 1.82) is 0 Å². The molecule has 2 atom stereocenters. The Labute approximate surface area is 286 Å². The van der Waals surface area contributed by atoms with Gasteiger partial charge in [-0.25, -0.2) is 0 Å². The molecular formula is C46H35N3. The van der Waals surface area contributed by atoms with E-state index in [0.717, 1.165) is 29.1 Å². The van der Waals surface area contributed by atoms with Gasteiger partial charge in [-0.15, -0.1) is 0 Å². The van der Waals surface area contributed by atoms with Gasteiger partial charge >= 0.3 is 0 Å². The molecule has 2 heterocycles. The molecule has 1 aromatic heterocycles. The molecule has 3 nitrogen and oxygen atoms in total. The van der Waals surface area contributed by atoms with Crippen LogP contribution in [-0.2, 0) is 0 Å². The Balaban J connectivity index is 0.970. The highest BCUT2D eigenvalue weighted by Crippen LogP contribution is 2.36. The fourth-order valence-electron chi connectivity index (χ4n) is 7.32. The van der Waals surface area contributed by atoms with Gasteiger partial charge in [0.15, 0.2) is 0 Å². The van der Waals surface area contributed by atoms with Gasteiger partial charge in [-0.3, -0.25) is 4.99 Å². The van der Waals surface area contributed by atoms with E-state index in [-0.39, 0.29) is 12.1 Å². The van der Waals surface area contributed by atoms with Crippen molar-refractivity contribution in [3.05, 3.63) is 204 Å². The lowest BCUT2D eigenvalue weighted by molar-refractivity contribution is 0.649. The summed E-state index contributed by atoms with van der Waals surface area (Å²) in [7, 11) is 0. The third kappa shape index (κ3) is 5.50. The van der Waals surface area contributed by atoms with Gasteiger partial charge in [-0.2, -0.15) is 0 Å². The molecule has 234 valence electrons. The number of nitrogens with one attached hydrogen (secondary N) is 1. The van der Waals surface area contributed by atoms with E-state index in [1.54, 1.807) is 0 Å². The van der Waals surface area contributed by atoms with E-state index in [2.05, 4.69) is 192 Å². The van der Waals surface area contributed by atoms with Crippen LogP contribution in [0.1, 0.15) is 40.8 Å². The van der Waals surface area contributed by atoms with Gasteiger partial charge in [-0.1, -0.05) is 158 Å². The lowest BCUT2D eigenvalue weighted by atomic mass is 9.94. The van der Waals surface area contributed by atoms with Crippen LogP contribution in [0.4, 0.5) is 0 Å². The maximum Gasteiger partial charge on any atom is 0.133 e. The highest BCUT2D eigenvalue weighted by atomic mass is 15.0. The predicted molar refractivity (Wildman–Crippen MR) is 205 cm³/mol. The first-order valence-corrected chi connectivity index (χ1v) is 17.0. The molecule has 1 aliphatic heterocycles. The molecule has 3 heteroatoms. The van der Waals surface area contributed by atoms with Gasteiger partial charge in [0.05, 0.1) is 12.1 Å². The average Bonchev–Trinajstić information content (AvgIpc) is 3.53. The van der Waals surface area contributed by atoms with E-state index < -0.39 is 0 Å². The number of aromatic nitrogens is 1. The van der Waals surface area contributed by atoms with E-state index in [0.29, 0.717) is 0 Å². The molecule has 0 saturated carbocycles. The highest BCUT2D eigenvalue weighted by Gasteiger charge is 2.20. The molecule has 9 rings (SSSR count). The zero-order chi connectivity index (χ0) is 32.6. The maximum atomic E-state index is 5.18. The second-order valence-corrected chi connectivity index (χ2v) is 12.8. The number of fused-ring (bicyclic) bond motifs is 3. The van der Waals surface area contributed by atoms with E-state index in [4.69, 9.17) is 4.99 Å². The Morgan fingerprint density at radius 2 is 1.16 bits per heavy atom. The average molecular weight is 630 g/mol. The molecule has 1 N–H and O–H groups in total. The van der Waals surface area contributed by atoms with Gasteiger partial charge < -0.3 is 9.88 Å². The molecule has 0 amide bonds. The largest absolute Gasteiger partial charge is 0.340 e. The minimum atomic E-state index is -0.0676. The first-order chi connectivity index (χ1) is 24.3. The third-order valence-electron chi connectivity index (χ3n) is 9.79. The summed E-state index contributed by atoms with van der Waals surface area (Å²) in [6, 6.07) is 56.4. The number of rotatable bonds is 6. The fourth-order valence-corrected chi connectivity index (χ4v) is 7.32. The van der Waals surface area contributed by atoms with Gasteiger partial charge in [0.2, 0.25) is 0 Å².